The lowest BCUT2D eigenvalue weighted by molar-refractivity contribution is 0.462. The van der Waals surface area contributed by atoms with Crippen LogP contribution in [-0.2, 0) is 0 Å². The van der Waals surface area contributed by atoms with Crippen LogP contribution in [-0.4, -0.2) is 5.11 Å². The van der Waals surface area contributed by atoms with Gasteiger partial charge in [0.25, 0.3) is 0 Å². The molecule has 2 rings (SSSR count). The highest BCUT2D eigenvalue weighted by Gasteiger charge is 2.12. The molecular formula is C15H15BrFNO. The third kappa shape index (κ3) is 3.26. The van der Waals surface area contributed by atoms with Gasteiger partial charge in [-0.3, -0.25) is 0 Å². The molecule has 0 heterocycles. The van der Waals surface area contributed by atoms with Gasteiger partial charge in [-0.2, -0.15) is 0 Å². The van der Waals surface area contributed by atoms with Gasteiger partial charge in [0.05, 0.1) is 6.04 Å². The molecule has 2 aromatic rings. The Labute approximate surface area is 120 Å². The van der Waals surface area contributed by atoms with Crippen LogP contribution in [0.2, 0.25) is 0 Å². The Morgan fingerprint density at radius 2 is 1.95 bits per heavy atom. The highest BCUT2D eigenvalue weighted by Crippen LogP contribution is 2.29. The maximum atomic E-state index is 13.2. The van der Waals surface area contributed by atoms with Gasteiger partial charge < -0.3 is 10.4 Å². The number of hydrogen-bond donors (Lipinski definition) is 2. The molecule has 1 unspecified atom stereocenters. The second kappa shape index (κ2) is 5.61. The average molecular weight is 324 g/mol. The summed E-state index contributed by atoms with van der Waals surface area (Å²) >= 11 is 3.42. The van der Waals surface area contributed by atoms with Crippen LogP contribution in [0.15, 0.2) is 40.9 Å². The van der Waals surface area contributed by atoms with Gasteiger partial charge in [0.15, 0.2) is 0 Å². The Hall–Kier alpha value is -1.55. The molecule has 0 aliphatic heterocycles. The lowest BCUT2D eigenvalue weighted by Gasteiger charge is -2.18. The monoisotopic (exact) mass is 323 g/mol. The van der Waals surface area contributed by atoms with Crippen LogP contribution in [0.1, 0.15) is 24.1 Å². The topological polar surface area (TPSA) is 32.3 Å². The summed E-state index contributed by atoms with van der Waals surface area (Å²) < 4.78 is 14.2. The fraction of sp³-hybridized carbons (Fsp3) is 0.200. The van der Waals surface area contributed by atoms with Crippen molar-refractivity contribution in [3.8, 4) is 5.75 Å². The molecule has 2 N–H and O–H groups in total. The largest absolute Gasteiger partial charge is 0.508 e. The minimum absolute atomic E-state index is 0.0917. The van der Waals surface area contributed by atoms with Crippen molar-refractivity contribution in [2.24, 2.45) is 0 Å². The number of aromatic hydroxyl groups is 1. The van der Waals surface area contributed by atoms with Crippen molar-refractivity contribution in [3.63, 3.8) is 0 Å². The first kappa shape index (κ1) is 13.9. The molecule has 4 heteroatoms. The van der Waals surface area contributed by atoms with Crippen LogP contribution in [0.4, 0.5) is 10.1 Å². The average Bonchev–Trinajstić information content (AvgIpc) is 2.36. The number of hydrogen-bond acceptors (Lipinski definition) is 2. The first-order valence-corrected chi connectivity index (χ1v) is 6.78. The number of aryl methyl sites for hydroxylation is 1. The highest BCUT2D eigenvalue weighted by molar-refractivity contribution is 9.10. The van der Waals surface area contributed by atoms with E-state index in [2.05, 4.69) is 21.2 Å². The van der Waals surface area contributed by atoms with Crippen molar-refractivity contribution >= 4 is 21.6 Å². The molecule has 0 aromatic heterocycles. The van der Waals surface area contributed by atoms with Gasteiger partial charge in [0.1, 0.15) is 11.6 Å². The van der Waals surface area contributed by atoms with E-state index in [1.807, 2.05) is 32.0 Å². The fourth-order valence-corrected chi connectivity index (χ4v) is 2.29. The molecule has 19 heavy (non-hydrogen) atoms. The minimum atomic E-state index is -0.354. The molecule has 0 aliphatic carbocycles. The summed E-state index contributed by atoms with van der Waals surface area (Å²) in [5, 5.41) is 13.1. The predicted molar refractivity (Wildman–Crippen MR) is 79.0 cm³/mol. The van der Waals surface area contributed by atoms with Gasteiger partial charge in [0.2, 0.25) is 0 Å². The van der Waals surface area contributed by atoms with E-state index in [1.54, 1.807) is 0 Å². The Bertz CT molecular complexity index is 601. The van der Waals surface area contributed by atoms with E-state index in [9.17, 15) is 9.50 Å². The van der Waals surface area contributed by atoms with Crippen LogP contribution in [0.3, 0.4) is 0 Å². The number of halogens is 2. The Kier molecular flexibility index (Phi) is 4.10. The summed E-state index contributed by atoms with van der Waals surface area (Å²) in [6, 6.07) is 9.69. The third-order valence-electron chi connectivity index (χ3n) is 3.03. The van der Waals surface area contributed by atoms with Crippen molar-refractivity contribution in [3.05, 3.63) is 57.8 Å². The molecule has 2 aromatic carbocycles. The molecule has 0 radical (unpaired) electrons. The number of phenols is 1. The smallest absolute Gasteiger partial charge is 0.123 e. The zero-order valence-corrected chi connectivity index (χ0v) is 12.3. The predicted octanol–water partition coefficient (Wildman–Crippen LogP) is 4.78. The fourth-order valence-electron chi connectivity index (χ4n) is 1.93. The van der Waals surface area contributed by atoms with Crippen molar-refractivity contribution in [1.29, 1.82) is 0 Å². The normalized spacial score (nSPS) is 12.2. The van der Waals surface area contributed by atoms with Crippen molar-refractivity contribution in [2.75, 3.05) is 5.32 Å². The quantitative estimate of drug-likeness (QED) is 0.852. The number of rotatable bonds is 3. The van der Waals surface area contributed by atoms with Gasteiger partial charge in [-0.1, -0.05) is 22.0 Å². The van der Waals surface area contributed by atoms with E-state index in [0.717, 1.165) is 15.7 Å². The van der Waals surface area contributed by atoms with E-state index < -0.39 is 0 Å². The lowest BCUT2D eigenvalue weighted by atomic mass is 10.1. The lowest BCUT2D eigenvalue weighted by Crippen LogP contribution is -2.08. The van der Waals surface area contributed by atoms with Gasteiger partial charge in [-0.25, -0.2) is 4.39 Å². The Morgan fingerprint density at radius 3 is 2.68 bits per heavy atom. The van der Waals surface area contributed by atoms with E-state index in [4.69, 9.17) is 0 Å². The molecule has 0 bridgehead atoms. The van der Waals surface area contributed by atoms with Crippen LogP contribution in [0.5, 0.6) is 5.75 Å². The number of phenolic OH excluding ortho intramolecular Hbond substituents is 1. The Morgan fingerprint density at radius 1 is 1.21 bits per heavy atom. The van der Waals surface area contributed by atoms with Crippen LogP contribution in [0.25, 0.3) is 0 Å². The third-order valence-corrected chi connectivity index (χ3v) is 3.52. The molecule has 0 saturated heterocycles. The molecular weight excluding hydrogens is 309 g/mol. The van der Waals surface area contributed by atoms with E-state index in [1.165, 1.54) is 18.2 Å². The van der Waals surface area contributed by atoms with Crippen LogP contribution in [0, 0.1) is 12.7 Å². The minimum Gasteiger partial charge on any atom is -0.508 e. The molecule has 0 saturated carbocycles. The molecule has 0 aliphatic rings. The van der Waals surface area contributed by atoms with Gasteiger partial charge >= 0.3 is 0 Å². The van der Waals surface area contributed by atoms with Crippen LogP contribution < -0.4 is 5.32 Å². The molecule has 1 atom stereocenters. The first-order chi connectivity index (χ1) is 8.97. The number of benzene rings is 2. The van der Waals surface area contributed by atoms with Crippen molar-refractivity contribution in [1.82, 2.24) is 0 Å². The number of anilines is 1. The Balaban J connectivity index is 2.27. The summed E-state index contributed by atoms with van der Waals surface area (Å²) in [6.07, 6.45) is 0. The van der Waals surface area contributed by atoms with E-state index >= 15 is 0 Å². The maximum absolute atomic E-state index is 13.2. The van der Waals surface area contributed by atoms with Gasteiger partial charge in [-0.05, 0) is 49.7 Å². The van der Waals surface area contributed by atoms with Crippen LogP contribution >= 0.6 is 15.9 Å². The number of nitrogens with one attached hydrogen (secondary N) is 1. The van der Waals surface area contributed by atoms with E-state index in [-0.39, 0.29) is 17.6 Å². The summed E-state index contributed by atoms with van der Waals surface area (Å²) in [5.41, 5.74) is 2.58. The SMILES string of the molecule is Cc1ccc(Br)cc1NC(C)c1cc(F)ccc1O. The summed E-state index contributed by atoms with van der Waals surface area (Å²) in [4.78, 5) is 0. The molecule has 0 spiro atoms. The summed E-state index contributed by atoms with van der Waals surface area (Å²) in [6.45, 7) is 3.88. The summed E-state index contributed by atoms with van der Waals surface area (Å²) in [7, 11) is 0. The van der Waals surface area contributed by atoms with Crippen molar-refractivity contribution < 1.29 is 9.50 Å². The molecule has 0 fully saturated rings. The highest BCUT2D eigenvalue weighted by atomic mass is 79.9. The van der Waals surface area contributed by atoms with Crippen molar-refractivity contribution in [2.45, 2.75) is 19.9 Å². The second-order valence-corrected chi connectivity index (χ2v) is 5.44. The first-order valence-electron chi connectivity index (χ1n) is 5.98. The molecule has 0 amide bonds. The second-order valence-electron chi connectivity index (χ2n) is 4.53. The standard InChI is InChI=1S/C15H15BrFNO/c1-9-3-4-11(16)7-14(9)18-10(2)13-8-12(17)5-6-15(13)19/h3-8,10,18-19H,1-2H3. The van der Waals surface area contributed by atoms with E-state index in [0.29, 0.717) is 5.56 Å². The van der Waals surface area contributed by atoms with Gasteiger partial charge in [-0.15, -0.1) is 0 Å². The van der Waals surface area contributed by atoms with Gasteiger partial charge in [0, 0.05) is 15.7 Å². The zero-order chi connectivity index (χ0) is 14.0. The zero-order valence-electron chi connectivity index (χ0n) is 10.7. The summed E-state index contributed by atoms with van der Waals surface area (Å²) in [5.74, 6) is -0.263. The molecule has 100 valence electrons. The maximum Gasteiger partial charge on any atom is 0.123 e. The molecule has 2 nitrogen and oxygen atoms in total.